The Kier molecular flexibility index (Phi) is 5.04. The van der Waals surface area contributed by atoms with Crippen LogP contribution in [0.4, 0.5) is 0 Å². The topological polar surface area (TPSA) is 64.8 Å². The monoisotopic (exact) mass is 284 g/mol. The number of carbonyl (C=O) groups is 1. The molecule has 1 heterocycles. The molecule has 1 amide bonds. The van der Waals surface area contributed by atoms with Gasteiger partial charge in [-0.05, 0) is 37.5 Å². The minimum absolute atomic E-state index is 0.0496. The summed E-state index contributed by atoms with van der Waals surface area (Å²) in [5.41, 5.74) is 5.95. The molecule has 20 heavy (non-hydrogen) atoms. The van der Waals surface area contributed by atoms with E-state index in [0.29, 0.717) is 25.0 Å². The van der Waals surface area contributed by atoms with Crippen LogP contribution >= 0.6 is 0 Å². The number of hydrogen-bond donors (Lipinski definition) is 1. The molecule has 2 fully saturated rings. The van der Waals surface area contributed by atoms with Gasteiger partial charge in [0.15, 0.2) is 0 Å². The fourth-order valence-corrected chi connectivity index (χ4v) is 3.15. The smallest absolute Gasteiger partial charge is 0.226 e. The number of hydrogen-bond acceptors (Lipinski definition) is 4. The Labute approximate surface area is 121 Å². The molecule has 5 heteroatoms. The molecular weight excluding hydrogens is 256 g/mol. The second-order valence-electron chi connectivity index (χ2n) is 6.68. The number of nitrogens with zero attached hydrogens (tertiary/aromatic N) is 1. The Morgan fingerprint density at radius 3 is 2.45 bits per heavy atom. The molecule has 2 rings (SSSR count). The fraction of sp³-hybridized carbons (Fsp3) is 0.933. The Morgan fingerprint density at radius 2 is 1.95 bits per heavy atom. The number of rotatable bonds is 5. The van der Waals surface area contributed by atoms with Crippen LogP contribution < -0.4 is 5.73 Å². The zero-order valence-electron chi connectivity index (χ0n) is 12.9. The van der Waals surface area contributed by atoms with Crippen LogP contribution in [0.3, 0.4) is 0 Å². The molecule has 0 unspecified atom stereocenters. The molecule has 1 saturated carbocycles. The maximum absolute atomic E-state index is 12.5. The second kappa shape index (κ2) is 6.41. The molecular formula is C15H28N2O3. The second-order valence-corrected chi connectivity index (χ2v) is 6.68. The van der Waals surface area contributed by atoms with Crippen LogP contribution in [-0.4, -0.2) is 43.2 Å². The van der Waals surface area contributed by atoms with Gasteiger partial charge in [0.05, 0.1) is 13.2 Å². The fourth-order valence-electron chi connectivity index (χ4n) is 3.15. The normalized spacial score (nSPS) is 30.1. The third kappa shape index (κ3) is 3.15. The van der Waals surface area contributed by atoms with Crippen molar-refractivity contribution in [3.63, 3.8) is 0 Å². The van der Waals surface area contributed by atoms with Crippen molar-refractivity contribution in [3.05, 3.63) is 0 Å². The molecule has 2 aliphatic rings. The highest BCUT2D eigenvalue weighted by Crippen LogP contribution is 2.46. The lowest BCUT2D eigenvalue weighted by Gasteiger charge is -2.51. The van der Waals surface area contributed by atoms with E-state index in [9.17, 15) is 4.79 Å². The Morgan fingerprint density at radius 1 is 1.30 bits per heavy atom. The van der Waals surface area contributed by atoms with E-state index in [4.69, 9.17) is 15.5 Å². The van der Waals surface area contributed by atoms with Gasteiger partial charge in [-0.15, -0.1) is 0 Å². The van der Waals surface area contributed by atoms with Gasteiger partial charge in [0.25, 0.3) is 0 Å². The van der Waals surface area contributed by atoms with Crippen LogP contribution in [0.2, 0.25) is 0 Å². The van der Waals surface area contributed by atoms with Crippen LogP contribution in [0.5, 0.6) is 0 Å². The molecule has 2 N–H and O–H groups in total. The highest BCUT2D eigenvalue weighted by Gasteiger charge is 2.51. The molecule has 2 atom stereocenters. The maximum atomic E-state index is 12.5. The summed E-state index contributed by atoms with van der Waals surface area (Å²) in [5, 5.41) is 0. The first kappa shape index (κ1) is 15.7. The van der Waals surface area contributed by atoms with Crippen LogP contribution in [-0.2, 0) is 14.6 Å². The predicted octanol–water partition coefficient (Wildman–Crippen LogP) is 1.57. The number of nitrogens with two attached hydrogens (primary N) is 1. The molecule has 0 aromatic carbocycles. The molecule has 0 aromatic rings. The van der Waals surface area contributed by atoms with Gasteiger partial charge < -0.3 is 10.6 Å². The van der Waals surface area contributed by atoms with Crippen molar-refractivity contribution in [2.75, 3.05) is 26.3 Å². The lowest BCUT2D eigenvalue weighted by molar-refractivity contribution is -0.299. The Hall–Kier alpha value is -0.650. The average Bonchev–Trinajstić information content (AvgIpc) is 2.45. The van der Waals surface area contributed by atoms with Crippen molar-refractivity contribution >= 4 is 5.91 Å². The van der Waals surface area contributed by atoms with Crippen LogP contribution in [0.1, 0.15) is 40.0 Å². The third-order valence-electron chi connectivity index (χ3n) is 5.07. The summed E-state index contributed by atoms with van der Waals surface area (Å²) in [4.78, 5) is 24.6. The van der Waals surface area contributed by atoms with E-state index in [1.54, 1.807) is 0 Å². The van der Waals surface area contributed by atoms with E-state index in [1.165, 1.54) is 0 Å². The number of likely N-dealkylation sites (tertiary alicyclic amines) is 1. The average molecular weight is 284 g/mol. The first-order valence-electron chi connectivity index (χ1n) is 7.75. The third-order valence-corrected chi connectivity index (χ3v) is 5.07. The van der Waals surface area contributed by atoms with Gasteiger partial charge in [0, 0.05) is 25.0 Å². The first-order chi connectivity index (χ1) is 9.46. The maximum Gasteiger partial charge on any atom is 0.226 e. The van der Waals surface area contributed by atoms with Gasteiger partial charge in [-0.25, -0.2) is 9.78 Å². The molecule has 0 aromatic heterocycles. The largest absolute Gasteiger partial charge is 0.342 e. The zero-order chi connectivity index (χ0) is 14.8. The summed E-state index contributed by atoms with van der Waals surface area (Å²) in [6, 6.07) is 0.161. The quantitative estimate of drug-likeness (QED) is 0.473. The highest BCUT2D eigenvalue weighted by molar-refractivity contribution is 5.81. The van der Waals surface area contributed by atoms with E-state index in [1.807, 2.05) is 11.8 Å². The summed E-state index contributed by atoms with van der Waals surface area (Å²) in [7, 11) is 0. The molecule has 1 saturated heterocycles. The minimum Gasteiger partial charge on any atom is -0.342 e. The lowest BCUT2D eigenvalue weighted by atomic mass is 9.58. The van der Waals surface area contributed by atoms with Crippen molar-refractivity contribution in [3.8, 4) is 0 Å². The predicted molar refractivity (Wildman–Crippen MR) is 76.7 cm³/mol. The first-order valence-corrected chi connectivity index (χ1v) is 7.75. The van der Waals surface area contributed by atoms with Gasteiger partial charge in [-0.3, -0.25) is 4.79 Å². The molecule has 0 bridgehead atoms. The van der Waals surface area contributed by atoms with E-state index >= 15 is 0 Å². The molecule has 5 nitrogen and oxygen atoms in total. The molecule has 116 valence electrons. The van der Waals surface area contributed by atoms with Crippen LogP contribution in [0.15, 0.2) is 0 Å². The summed E-state index contributed by atoms with van der Waals surface area (Å²) in [6.07, 6.45) is 2.83. The van der Waals surface area contributed by atoms with Gasteiger partial charge in [-0.2, -0.15) is 0 Å². The SMILES string of the molecule is CCOOCC1CCN(C(=O)[C@@H]2C[C@H](N)C2(C)C)CC1. The summed E-state index contributed by atoms with van der Waals surface area (Å²) >= 11 is 0. The van der Waals surface area contributed by atoms with Crippen LogP contribution in [0.25, 0.3) is 0 Å². The lowest BCUT2D eigenvalue weighted by Crippen LogP contribution is -2.60. The van der Waals surface area contributed by atoms with E-state index in [2.05, 4.69) is 13.8 Å². The molecule has 0 radical (unpaired) electrons. The van der Waals surface area contributed by atoms with Crippen molar-refractivity contribution in [2.24, 2.45) is 23.0 Å². The minimum atomic E-state index is -0.0496. The van der Waals surface area contributed by atoms with E-state index in [0.717, 1.165) is 32.4 Å². The van der Waals surface area contributed by atoms with Gasteiger partial charge in [0.2, 0.25) is 5.91 Å². The van der Waals surface area contributed by atoms with E-state index < -0.39 is 0 Å². The van der Waals surface area contributed by atoms with Crippen molar-refractivity contribution in [2.45, 2.75) is 46.1 Å². The van der Waals surface area contributed by atoms with Crippen molar-refractivity contribution in [1.29, 1.82) is 0 Å². The molecule has 0 spiro atoms. The van der Waals surface area contributed by atoms with Crippen molar-refractivity contribution in [1.82, 2.24) is 4.90 Å². The van der Waals surface area contributed by atoms with Gasteiger partial charge >= 0.3 is 0 Å². The Bertz CT molecular complexity index is 338. The van der Waals surface area contributed by atoms with Gasteiger partial charge in [0.1, 0.15) is 0 Å². The standard InChI is InChI=1S/C15H28N2O3/c1-4-19-20-10-11-5-7-17(8-6-11)14(18)12-9-13(16)15(12,2)3/h11-13H,4-10,16H2,1-3H3/t12-,13-/m0/s1. The van der Waals surface area contributed by atoms with E-state index in [-0.39, 0.29) is 17.4 Å². The zero-order valence-corrected chi connectivity index (χ0v) is 12.9. The summed E-state index contributed by atoms with van der Waals surface area (Å²) in [6.45, 7) is 9.00. The summed E-state index contributed by atoms with van der Waals surface area (Å²) < 4.78 is 0. The number of amides is 1. The van der Waals surface area contributed by atoms with Crippen molar-refractivity contribution < 1.29 is 14.6 Å². The summed E-state index contributed by atoms with van der Waals surface area (Å²) in [5.74, 6) is 0.900. The van der Waals surface area contributed by atoms with Crippen LogP contribution in [0, 0.1) is 17.3 Å². The molecule has 1 aliphatic heterocycles. The number of piperidine rings is 1. The number of carbonyl (C=O) groups excluding carboxylic acids is 1. The Balaban J connectivity index is 1.75. The highest BCUT2D eigenvalue weighted by atomic mass is 17.2. The van der Waals surface area contributed by atoms with Gasteiger partial charge in [-0.1, -0.05) is 13.8 Å². The molecule has 1 aliphatic carbocycles.